The smallest absolute Gasteiger partial charge is 0.305 e. The average molecular weight is 158 g/mol. The number of carboxylic acid groups (broad SMARTS) is 1. The van der Waals surface area contributed by atoms with E-state index in [1.807, 2.05) is 19.1 Å². The Morgan fingerprint density at radius 3 is 2.82 bits per heavy atom. The maximum absolute atomic E-state index is 10.1. The fourth-order valence-corrected chi connectivity index (χ4v) is 0.621. The van der Waals surface area contributed by atoms with Crippen LogP contribution in [0.25, 0.3) is 0 Å². The van der Waals surface area contributed by atoms with Crippen molar-refractivity contribution in [1.82, 2.24) is 0 Å². The number of hydrogen-bond donors (Lipinski definition) is 1. The van der Waals surface area contributed by atoms with Gasteiger partial charge in [-0.15, -0.1) is 0 Å². The molecule has 0 fully saturated rings. The third kappa shape index (κ3) is 7.06. The molecule has 0 aromatic carbocycles. The average Bonchev–Trinajstić information content (AvgIpc) is 1.86. The molecule has 0 aromatic heterocycles. The van der Waals surface area contributed by atoms with Gasteiger partial charge in [0.05, 0.1) is 19.1 Å². The Hall–Kier alpha value is -0.830. The first-order valence-electron chi connectivity index (χ1n) is 3.61. The predicted molar refractivity (Wildman–Crippen MR) is 42.5 cm³/mol. The van der Waals surface area contributed by atoms with Crippen molar-refractivity contribution in [2.75, 3.05) is 6.61 Å². The summed E-state index contributed by atoms with van der Waals surface area (Å²) in [5.74, 6) is -0.821. The van der Waals surface area contributed by atoms with Crippen molar-refractivity contribution in [3.63, 3.8) is 0 Å². The summed E-state index contributed by atoms with van der Waals surface area (Å²) in [7, 11) is 0. The van der Waals surface area contributed by atoms with Crippen molar-refractivity contribution in [2.45, 2.75) is 26.4 Å². The van der Waals surface area contributed by atoms with Crippen molar-refractivity contribution < 1.29 is 14.6 Å². The summed E-state index contributed by atoms with van der Waals surface area (Å²) >= 11 is 0. The third-order valence-corrected chi connectivity index (χ3v) is 1.17. The monoisotopic (exact) mass is 158 g/mol. The quantitative estimate of drug-likeness (QED) is 0.616. The van der Waals surface area contributed by atoms with Crippen molar-refractivity contribution in [2.24, 2.45) is 0 Å². The summed E-state index contributed by atoms with van der Waals surface area (Å²) in [6, 6.07) is 0. The molecule has 0 saturated carbocycles. The van der Waals surface area contributed by atoms with Crippen molar-refractivity contribution in [1.29, 1.82) is 0 Å². The van der Waals surface area contributed by atoms with Crippen LogP contribution in [-0.4, -0.2) is 23.8 Å². The molecule has 0 bridgehead atoms. The number of carbonyl (C=O) groups is 1. The van der Waals surface area contributed by atoms with Crippen molar-refractivity contribution in [3.8, 4) is 0 Å². The standard InChI is InChI=1S/C8H14O3/c1-3-4-5-11-7(2)6-8(9)10/h3-4,7H,5-6H2,1-2H3,(H,9,10)/b4-3+/t7-/m0/s1. The molecule has 3 heteroatoms. The highest BCUT2D eigenvalue weighted by Gasteiger charge is 2.05. The Kier molecular flexibility index (Phi) is 5.47. The van der Waals surface area contributed by atoms with Gasteiger partial charge in [0, 0.05) is 0 Å². The van der Waals surface area contributed by atoms with E-state index in [1.54, 1.807) is 6.92 Å². The van der Waals surface area contributed by atoms with E-state index in [1.165, 1.54) is 0 Å². The topological polar surface area (TPSA) is 46.5 Å². The molecule has 0 aromatic rings. The lowest BCUT2D eigenvalue weighted by Crippen LogP contribution is -2.13. The summed E-state index contributed by atoms with van der Waals surface area (Å²) < 4.78 is 5.13. The van der Waals surface area contributed by atoms with Crippen LogP contribution in [0.5, 0.6) is 0 Å². The zero-order valence-electron chi connectivity index (χ0n) is 6.91. The number of ether oxygens (including phenoxy) is 1. The number of carboxylic acids is 1. The highest BCUT2D eigenvalue weighted by molar-refractivity contribution is 5.67. The fourth-order valence-electron chi connectivity index (χ4n) is 0.621. The highest BCUT2D eigenvalue weighted by Crippen LogP contribution is 1.96. The number of rotatable bonds is 5. The first-order chi connectivity index (χ1) is 5.16. The van der Waals surface area contributed by atoms with Crippen LogP contribution in [0.4, 0.5) is 0 Å². The van der Waals surface area contributed by atoms with Gasteiger partial charge < -0.3 is 9.84 Å². The molecule has 11 heavy (non-hydrogen) atoms. The molecule has 0 spiro atoms. The van der Waals surface area contributed by atoms with E-state index < -0.39 is 5.97 Å². The summed E-state index contributed by atoms with van der Waals surface area (Å²) in [6.07, 6.45) is 3.58. The molecule has 0 aliphatic rings. The third-order valence-electron chi connectivity index (χ3n) is 1.17. The van der Waals surface area contributed by atoms with Gasteiger partial charge in [0.2, 0.25) is 0 Å². The van der Waals surface area contributed by atoms with Crippen LogP contribution in [0.2, 0.25) is 0 Å². The SMILES string of the molecule is C/C=C/CO[C@@H](C)CC(=O)O. The molecular weight excluding hydrogens is 144 g/mol. The predicted octanol–water partition coefficient (Wildman–Crippen LogP) is 1.44. The normalized spacial score (nSPS) is 13.6. The fraction of sp³-hybridized carbons (Fsp3) is 0.625. The van der Waals surface area contributed by atoms with Crippen molar-refractivity contribution >= 4 is 5.97 Å². The Bertz CT molecular complexity index is 140. The van der Waals surface area contributed by atoms with E-state index in [-0.39, 0.29) is 12.5 Å². The molecule has 0 unspecified atom stereocenters. The summed E-state index contributed by atoms with van der Waals surface area (Å²) in [6.45, 7) is 4.13. The molecule has 3 nitrogen and oxygen atoms in total. The molecule has 0 saturated heterocycles. The Balaban J connectivity index is 3.36. The van der Waals surface area contributed by atoms with Gasteiger partial charge in [0.25, 0.3) is 0 Å². The lowest BCUT2D eigenvalue weighted by atomic mass is 10.3. The maximum Gasteiger partial charge on any atom is 0.305 e. The summed E-state index contributed by atoms with van der Waals surface area (Å²) in [5, 5.41) is 8.34. The van der Waals surface area contributed by atoms with Gasteiger partial charge >= 0.3 is 5.97 Å². The summed E-state index contributed by atoms with van der Waals surface area (Å²) in [4.78, 5) is 10.1. The van der Waals surface area contributed by atoms with Crippen LogP contribution in [0, 0.1) is 0 Å². The van der Waals surface area contributed by atoms with Crippen molar-refractivity contribution in [3.05, 3.63) is 12.2 Å². The minimum Gasteiger partial charge on any atom is -0.481 e. The van der Waals surface area contributed by atoms with Crippen LogP contribution in [0.1, 0.15) is 20.3 Å². The molecule has 0 heterocycles. The zero-order chi connectivity index (χ0) is 8.69. The zero-order valence-corrected chi connectivity index (χ0v) is 6.91. The van der Waals surface area contributed by atoms with Gasteiger partial charge in [-0.25, -0.2) is 0 Å². The minimum atomic E-state index is -0.821. The van der Waals surface area contributed by atoms with E-state index in [2.05, 4.69) is 0 Å². The second-order valence-corrected chi connectivity index (χ2v) is 2.31. The van der Waals surface area contributed by atoms with Gasteiger partial charge in [-0.05, 0) is 13.8 Å². The van der Waals surface area contributed by atoms with Crippen LogP contribution in [-0.2, 0) is 9.53 Å². The molecule has 64 valence electrons. The molecule has 0 aliphatic heterocycles. The molecular formula is C8H14O3. The molecule has 1 N–H and O–H groups in total. The van der Waals surface area contributed by atoms with E-state index in [0.29, 0.717) is 6.61 Å². The van der Waals surface area contributed by atoms with Crippen LogP contribution >= 0.6 is 0 Å². The maximum atomic E-state index is 10.1. The van der Waals surface area contributed by atoms with E-state index in [9.17, 15) is 4.79 Å². The minimum absolute atomic E-state index is 0.0670. The Morgan fingerprint density at radius 2 is 2.36 bits per heavy atom. The number of hydrogen-bond acceptors (Lipinski definition) is 2. The lowest BCUT2D eigenvalue weighted by Gasteiger charge is -2.07. The Labute approximate surface area is 66.7 Å². The molecule has 1 atom stereocenters. The van der Waals surface area contributed by atoms with Crippen LogP contribution in [0.3, 0.4) is 0 Å². The van der Waals surface area contributed by atoms with E-state index >= 15 is 0 Å². The number of allylic oxidation sites excluding steroid dienone is 1. The van der Waals surface area contributed by atoms with E-state index in [4.69, 9.17) is 9.84 Å². The van der Waals surface area contributed by atoms with Gasteiger partial charge in [-0.1, -0.05) is 12.2 Å². The summed E-state index contributed by atoms with van der Waals surface area (Å²) in [5.41, 5.74) is 0. The van der Waals surface area contributed by atoms with E-state index in [0.717, 1.165) is 0 Å². The van der Waals surface area contributed by atoms with Crippen LogP contribution in [0.15, 0.2) is 12.2 Å². The number of aliphatic carboxylic acids is 1. The highest BCUT2D eigenvalue weighted by atomic mass is 16.5. The molecule has 0 rings (SSSR count). The molecule has 0 amide bonds. The van der Waals surface area contributed by atoms with Crippen LogP contribution < -0.4 is 0 Å². The first kappa shape index (κ1) is 10.2. The first-order valence-corrected chi connectivity index (χ1v) is 3.61. The van der Waals surface area contributed by atoms with Gasteiger partial charge in [-0.2, -0.15) is 0 Å². The molecule has 0 aliphatic carbocycles. The Morgan fingerprint density at radius 1 is 1.73 bits per heavy atom. The lowest BCUT2D eigenvalue weighted by molar-refractivity contribution is -0.139. The largest absolute Gasteiger partial charge is 0.481 e. The van der Waals surface area contributed by atoms with Gasteiger partial charge in [0.1, 0.15) is 0 Å². The van der Waals surface area contributed by atoms with Gasteiger partial charge in [-0.3, -0.25) is 4.79 Å². The second-order valence-electron chi connectivity index (χ2n) is 2.31. The second kappa shape index (κ2) is 5.92. The van der Waals surface area contributed by atoms with Gasteiger partial charge in [0.15, 0.2) is 0 Å². The molecule has 0 radical (unpaired) electrons.